The molecule has 2 amide bonds. The molecule has 8 nitrogen and oxygen atoms in total. The first-order valence-electron chi connectivity index (χ1n) is 11.4. The summed E-state index contributed by atoms with van der Waals surface area (Å²) in [7, 11) is 0. The van der Waals surface area contributed by atoms with Gasteiger partial charge < -0.3 is 15.2 Å². The summed E-state index contributed by atoms with van der Waals surface area (Å²) in [6.45, 7) is 3.00. The van der Waals surface area contributed by atoms with Crippen LogP contribution in [-0.4, -0.2) is 38.9 Å². The monoisotopic (exact) mass is 528 g/mol. The Hall–Kier alpha value is -2.87. The quantitative estimate of drug-likeness (QED) is 0.396. The summed E-state index contributed by atoms with van der Waals surface area (Å²) in [5, 5.41) is 25.5. The Morgan fingerprint density at radius 3 is 2.83 bits per heavy atom. The first-order chi connectivity index (χ1) is 17.0. The van der Waals surface area contributed by atoms with Crippen LogP contribution in [0, 0.1) is 11.3 Å². The number of aromatic nitrogens is 3. The predicted octanol–water partition coefficient (Wildman–Crippen LogP) is 4.47. The molecule has 0 radical (unpaired) electrons. The lowest BCUT2D eigenvalue weighted by atomic mass is 9.96. The average Bonchev–Trinajstić information content (AvgIpc) is 3.42. The van der Waals surface area contributed by atoms with Gasteiger partial charge in [-0.05, 0) is 50.3 Å². The minimum atomic E-state index is -0.239. The second-order valence-electron chi connectivity index (χ2n) is 7.99. The summed E-state index contributed by atoms with van der Waals surface area (Å²) in [5.74, 6) is 0.475. The van der Waals surface area contributed by atoms with Crippen LogP contribution >= 0.6 is 34.7 Å². The number of carbonyl (C=O) groups is 2. The van der Waals surface area contributed by atoms with Crippen LogP contribution < -0.4 is 10.6 Å². The van der Waals surface area contributed by atoms with Crippen LogP contribution in [-0.2, 0) is 30.6 Å². The lowest BCUT2D eigenvalue weighted by Gasteiger charge is -2.09. The van der Waals surface area contributed by atoms with Crippen molar-refractivity contribution in [2.24, 2.45) is 0 Å². The molecule has 1 aromatic carbocycles. The van der Waals surface area contributed by atoms with Crippen molar-refractivity contribution in [3.8, 4) is 6.07 Å². The topological polar surface area (TPSA) is 113 Å². The third-order valence-electron chi connectivity index (χ3n) is 5.73. The van der Waals surface area contributed by atoms with Crippen LogP contribution in [0.5, 0.6) is 0 Å². The molecule has 4 rings (SSSR count). The number of thiophene rings is 1. The second-order valence-corrected chi connectivity index (χ2v) is 10.4. The number of carbonyl (C=O) groups excluding carboxylic acids is 2. The number of halogens is 1. The van der Waals surface area contributed by atoms with E-state index in [1.165, 1.54) is 28.0 Å². The summed E-state index contributed by atoms with van der Waals surface area (Å²) >= 11 is 8.90. The molecule has 1 aliphatic carbocycles. The molecule has 0 saturated heterocycles. The number of anilines is 1. The molecule has 11 heteroatoms. The molecule has 35 heavy (non-hydrogen) atoms. The number of nitrogens with zero attached hydrogens (tertiary/aromatic N) is 4. The summed E-state index contributed by atoms with van der Waals surface area (Å²) in [6, 6.07) is 9.17. The number of rotatable bonds is 9. The van der Waals surface area contributed by atoms with E-state index in [0.717, 1.165) is 37.1 Å². The zero-order valence-electron chi connectivity index (χ0n) is 19.3. The van der Waals surface area contributed by atoms with Crippen molar-refractivity contribution in [1.29, 1.82) is 5.26 Å². The Labute approximate surface area is 217 Å². The van der Waals surface area contributed by atoms with E-state index in [0.29, 0.717) is 45.8 Å². The molecule has 0 saturated carbocycles. The molecule has 2 aromatic heterocycles. The van der Waals surface area contributed by atoms with Crippen molar-refractivity contribution in [2.75, 3.05) is 17.6 Å². The fraction of sp³-hybridized carbons (Fsp3) is 0.375. The standard InChI is InChI=1S/C24H25ClN6O2S2/c1-2-31-20(11-12-27-22(33)16-8-3-5-9-18(16)25)29-30-24(31)34-14-21(32)28-23-17(13-26)15-7-4-6-10-19(15)35-23/h3,5,8-9H,2,4,6-7,10-12,14H2,1H3,(H,27,33)(H,28,32). The Bertz CT molecular complexity index is 1280. The van der Waals surface area contributed by atoms with E-state index in [4.69, 9.17) is 11.6 Å². The van der Waals surface area contributed by atoms with Gasteiger partial charge in [-0.3, -0.25) is 9.59 Å². The third kappa shape index (κ3) is 5.86. The summed E-state index contributed by atoms with van der Waals surface area (Å²) in [5.41, 5.74) is 2.14. The fourth-order valence-corrected chi connectivity index (χ4v) is 6.32. The van der Waals surface area contributed by atoms with Gasteiger partial charge in [0.05, 0.1) is 21.9 Å². The van der Waals surface area contributed by atoms with E-state index < -0.39 is 0 Å². The number of nitriles is 1. The molecule has 0 spiro atoms. The van der Waals surface area contributed by atoms with Crippen LogP contribution in [0.1, 0.15) is 52.0 Å². The maximum Gasteiger partial charge on any atom is 0.252 e. The van der Waals surface area contributed by atoms with Crippen LogP contribution in [0.25, 0.3) is 0 Å². The molecular formula is C24H25ClN6O2S2. The van der Waals surface area contributed by atoms with E-state index in [-0.39, 0.29) is 17.6 Å². The zero-order valence-corrected chi connectivity index (χ0v) is 21.7. The fourth-order valence-electron chi connectivity index (χ4n) is 4.02. The first kappa shape index (κ1) is 25.2. The van der Waals surface area contributed by atoms with Gasteiger partial charge in [0.25, 0.3) is 5.91 Å². The van der Waals surface area contributed by atoms with Crippen molar-refractivity contribution in [3.63, 3.8) is 0 Å². The van der Waals surface area contributed by atoms with Crippen LogP contribution in [0.15, 0.2) is 29.4 Å². The van der Waals surface area contributed by atoms with Gasteiger partial charge >= 0.3 is 0 Å². The molecule has 2 N–H and O–H groups in total. The van der Waals surface area contributed by atoms with E-state index in [2.05, 4.69) is 26.9 Å². The number of amides is 2. The molecular weight excluding hydrogens is 504 g/mol. The first-order valence-corrected chi connectivity index (χ1v) is 13.6. The number of benzene rings is 1. The summed E-state index contributed by atoms with van der Waals surface area (Å²) in [4.78, 5) is 26.2. The highest BCUT2D eigenvalue weighted by atomic mass is 35.5. The van der Waals surface area contributed by atoms with Gasteiger partial charge in [0, 0.05) is 24.4 Å². The van der Waals surface area contributed by atoms with Crippen molar-refractivity contribution >= 4 is 51.5 Å². The maximum absolute atomic E-state index is 12.6. The van der Waals surface area contributed by atoms with Crippen molar-refractivity contribution in [1.82, 2.24) is 20.1 Å². The number of thioether (sulfide) groups is 1. The largest absolute Gasteiger partial charge is 0.352 e. The van der Waals surface area contributed by atoms with Crippen molar-refractivity contribution < 1.29 is 9.59 Å². The summed E-state index contributed by atoms with van der Waals surface area (Å²) < 4.78 is 1.93. The van der Waals surface area contributed by atoms with Gasteiger partial charge in [0.2, 0.25) is 5.91 Å². The zero-order chi connectivity index (χ0) is 24.8. The highest BCUT2D eigenvalue weighted by molar-refractivity contribution is 7.99. The number of fused-ring (bicyclic) bond motifs is 1. The van der Waals surface area contributed by atoms with Gasteiger partial charge in [0.15, 0.2) is 5.16 Å². The highest BCUT2D eigenvalue weighted by Crippen LogP contribution is 2.37. The Balaban J connectivity index is 1.32. The van der Waals surface area contributed by atoms with E-state index >= 15 is 0 Å². The van der Waals surface area contributed by atoms with Crippen molar-refractivity contribution in [2.45, 2.75) is 50.7 Å². The summed E-state index contributed by atoms with van der Waals surface area (Å²) in [6.07, 6.45) is 4.58. The van der Waals surface area contributed by atoms with E-state index in [1.54, 1.807) is 24.3 Å². The van der Waals surface area contributed by atoms with Gasteiger partial charge in [-0.2, -0.15) is 5.26 Å². The van der Waals surface area contributed by atoms with Gasteiger partial charge in [-0.1, -0.05) is 35.5 Å². The molecule has 2 heterocycles. The number of hydrogen-bond acceptors (Lipinski definition) is 7. The Kier molecular flexibility index (Phi) is 8.44. The molecule has 0 bridgehead atoms. The molecule has 3 aromatic rings. The normalized spacial score (nSPS) is 12.6. The van der Waals surface area contributed by atoms with Gasteiger partial charge in [0.1, 0.15) is 16.9 Å². The van der Waals surface area contributed by atoms with Crippen LogP contribution in [0.3, 0.4) is 0 Å². The average molecular weight is 529 g/mol. The number of hydrogen-bond donors (Lipinski definition) is 2. The van der Waals surface area contributed by atoms with Gasteiger partial charge in [-0.25, -0.2) is 0 Å². The molecule has 0 unspecified atom stereocenters. The Morgan fingerprint density at radius 2 is 2.06 bits per heavy atom. The lowest BCUT2D eigenvalue weighted by Crippen LogP contribution is -2.26. The highest BCUT2D eigenvalue weighted by Gasteiger charge is 2.22. The Morgan fingerprint density at radius 1 is 1.26 bits per heavy atom. The maximum atomic E-state index is 12.6. The number of aryl methyl sites for hydroxylation is 1. The number of nitrogens with one attached hydrogen (secondary N) is 2. The van der Waals surface area contributed by atoms with Crippen molar-refractivity contribution in [3.05, 3.63) is 56.7 Å². The van der Waals surface area contributed by atoms with Crippen LogP contribution in [0.2, 0.25) is 5.02 Å². The molecule has 0 atom stereocenters. The predicted molar refractivity (Wildman–Crippen MR) is 138 cm³/mol. The SMILES string of the molecule is CCn1c(CCNC(=O)c2ccccc2Cl)nnc1SCC(=O)Nc1sc2c(c1C#N)CCCC2. The van der Waals surface area contributed by atoms with Crippen LogP contribution in [0.4, 0.5) is 5.00 Å². The molecule has 1 aliphatic rings. The minimum absolute atomic E-state index is 0.162. The minimum Gasteiger partial charge on any atom is -0.352 e. The molecule has 182 valence electrons. The smallest absolute Gasteiger partial charge is 0.252 e. The second kappa shape index (κ2) is 11.7. The van der Waals surface area contributed by atoms with Gasteiger partial charge in [-0.15, -0.1) is 21.5 Å². The molecule has 0 fully saturated rings. The molecule has 0 aliphatic heterocycles. The van der Waals surface area contributed by atoms with E-state index in [1.807, 2.05) is 11.5 Å². The van der Waals surface area contributed by atoms with E-state index in [9.17, 15) is 14.9 Å². The lowest BCUT2D eigenvalue weighted by molar-refractivity contribution is -0.113. The third-order valence-corrected chi connectivity index (χ3v) is 8.23.